The summed E-state index contributed by atoms with van der Waals surface area (Å²) in [4.78, 5) is 28.1. The summed E-state index contributed by atoms with van der Waals surface area (Å²) in [5.74, 6) is -1.65. The highest BCUT2D eigenvalue weighted by Crippen LogP contribution is 2.39. The second-order valence-corrected chi connectivity index (χ2v) is 9.80. The van der Waals surface area contributed by atoms with E-state index in [1.165, 1.54) is 43.0 Å². The minimum absolute atomic E-state index is 0.0936. The zero-order valence-electron chi connectivity index (χ0n) is 21.1. The van der Waals surface area contributed by atoms with Crippen molar-refractivity contribution in [2.75, 3.05) is 9.80 Å². The Morgan fingerprint density at radius 3 is 2.36 bits per heavy atom. The Labute approximate surface area is 227 Å². The first-order chi connectivity index (χ1) is 18.3. The third kappa shape index (κ3) is 5.07. The van der Waals surface area contributed by atoms with E-state index in [2.05, 4.69) is 5.32 Å². The second kappa shape index (κ2) is 10.1. The highest BCUT2D eigenvalue weighted by atomic mass is 32.1. The fourth-order valence-electron chi connectivity index (χ4n) is 4.38. The average Bonchev–Trinajstić information content (AvgIpc) is 3.05. The maximum absolute atomic E-state index is 15.1. The van der Waals surface area contributed by atoms with Gasteiger partial charge in [-0.25, -0.2) is 4.39 Å². The van der Waals surface area contributed by atoms with Crippen LogP contribution in [0.3, 0.4) is 0 Å². The van der Waals surface area contributed by atoms with Gasteiger partial charge in [-0.05, 0) is 75.0 Å². The van der Waals surface area contributed by atoms with Crippen LogP contribution in [0, 0.1) is 24.1 Å². The van der Waals surface area contributed by atoms with Crippen LogP contribution in [0.5, 0.6) is 0 Å². The molecule has 0 aromatic heterocycles. The Morgan fingerprint density at radius 2 is 1.74 bits per heavy atom. The molecule has 11 heteroatoms. The summed E-state index contributed by atoms with van der Waals surface area (Å²) < 4.78 is 55.7. The predicted octanol–water partition coefficient (Wildman–Crippen LogP) is 5.87. The molecule has 0 saturated carbocycles. The fraction of sp³-hybridized carbons (Fsp3) is 0.214. The van der Waals surface area contributed by atoms with Crippen LogP contribution >= 0.6 is 12.2 Å². The van der Waals surface area contributed by atoms with Crippen LogP contribution in [-0.4, -0.2) is 22.5 Å². The number of hydrogen-bond acceptors (Lipinski definition) is 4. The molecule has 6 nitrogen and oxygen atoms in total. The van der Waals surface area contributed by atoms with E-state index < -0.39 is 34.6 Å². The molecule has 200 valence electrons. The van der Waals surface area contributed by atoms with Crippen molar-refractivity contribution >= 4 is 40.5 Å². The number of thiocarbonyl (C=S) groups is 1. The van der Waals surface area contributed by atoms with Crippen molar-refractivity contribution in [3.05, 3.63) is 94.3 Å². The number of anilines is 2. The molecule has 0 atom stereocenters. The molecular weight excluding hydrogens is 532 g/mol. The van der Waals surface area contributed by atoms with Gasteiger partial charge in [0.15, 0.2) is 5.11 Å². The van der Waals surface area contributed by atoms with Crippen LogP contribution < -0.4 is 15.1 Å². The number of rotatable bonds is 5. The average molecular weight is 555 g/mol. The fourth-order valence-corrected chi connectivity index (χ4v) is 4.90. The maximum Gasteiger partial charge on any atom is 0.417 e. The summed E-state index contributed by atoms with van der Waals surface area (Å²) in [6.07, 6.45) is -4.83. The van der Waals surface area contributed by atoms with Crippen LogP contribution in [0.25, 0.3) is 0 Å². The quantitative estimate of drug-likeness (QED) is 0.315. The molecule has 1 heterocycles. The molecular formula is C28H22F4N4O2S. The number of hydrogen-bond donors (Lipinski definition) is 1. The summed E-state index contributed by atoms with van der Waals surface area (Å²) in [5, 5.41) is 11.6. The second-order valence-electron chi connectivity index (χ2n) is 9.43. The molecule has 1 aliphatic rings. The number of amides is 2. The number of carbonyl (C=O) groups excluding carboxylic acids is 2. The first-order valence-electron chi connectivity index (χ1n) is 11.7. The molecule has 2 amide bonds. The maximum atomic E-state index is 15.1. The van der Waals surface area contributed by atoms with E-state index >= 15 is 4.39 Å². The normalized spacial score (nSPS) is 14.9. The molecule has 1 N–H and O–H groups in total. The van der Waals surface area contributed by atoms with E-state index in [9.17, 15) is 22.8 Å². The van der Waals surface area contributed by atoms with Crippen molar-refractivity contribution in [1.82, 2.24) is 5.32 Å². The van der Waals surface area contributed by atoms with Gasteiger partial charge in [0.1, 0.15) is 11.4 Å². The van der Waals surface area contributed by atoms with Crippen LogP contribution in [0.4, 0.5) is 28.9 Å². The minimum atomic E-state index is -4.83. The minimum Gasteiger partial charge on any atom is -0.348 e. The standard InChI is InChI=1S/C28H22F4N4O2S/c1-16-6-4-5-7-21(16)24(37)34-15-18-9-11-20(13-23(18)29)36-26(39)35(25(38)27(36,2)3)19-10-8-17(14-33)22(12-19)28(30,31)32/h4-13H,15H2,1-3H3,(H,34,37). The van der Waals surface area contributed by atoms with Crippen molar-refractivity contribution < 1.29 is 27.2 Å². The lowest BCUT2D eigenvalue weighted by Gasteiger charge is -2.29. The molecule has 3 aromatic rings. The van der Waals surface area contributed by atoms with E-state index in [-0.39, 0.29) is 34.5 Å². The lowest BCUT2D eigenvalue weighted by Crippen LogP contribution is -2.44. The van der Waals surface area contributed by atoms with E-state index in [4.69, 9.17) is 17.5 Å². The Morgan fingerprint density at radius 1 is 1.08 bits per heavy atom. The highest BCUT2D eigenvalue weighted by Gasteiger charge is 2.50. The van der Waals surface area contributed by atoms with Crippen LogP contribution in [0.1, 0.15) is 46.5 Å². The summed E-state index contributed by atoms with van der Waals surface area (Å²) >= 11 is 5.48. The van der Waals surface area contributed by atoms with Crippen LogP contribution in [0.2, 0.25) is 0 Å². The summed E-state index contributed by atoms with van der Waals surface area (Å²) in [6.45, 7) is 4.73. The molecule has 0 bridgehead atoms. The number of nitrogens with one attached hydrogen (secondary N) is 1. The number of halogens is 4. The Hall–Kier alpha value is -4.30. The summed E-state index contributed by atoms with van der Waals surface area (Å²) in [5.41, 5.74) is -1.68. The molecule has 3 aromatic carbocycles. The van der Waals surface area contributed by atoms with Gasteiger partial charge in [-0.1, -0.05) is 24.3 Å². The third-order valence-electron chi connectivity index (χ3n) is 6.48. The first-order valence-corrected chi connectivity index (χ1v) is 12.1. The molecule has 0 radical (unpaired) electrons. The molecule has 1 saturated heterocycles. The third-order valence-corrected chi connectivity index (χ3v) is 6.84. The highest BCUT2D eigenvalue weighted by molar-refractivity contribution is 7.81. The van der Waals surface area contributed by atoms with E-state index in [0.717, 1.165) is 22.6 Å². The van der Waals surface area contributed by atoms with Gasteiger partial charge in [-0.3, -0.25) is 14.5 Å². The number of alkyl halides is 3. The van der Waals surface area contributed by atoms with Crippen LogP contribution in [-0.2, 0) is 17.5 Å². The molecule has 1 fully saturated rings. The Balaban J connectivity index is 1.61. The number of benzene rings is 3. The van der Waals surface area contributed by atoms with Crippen molar-refractivity contribution in [2.45, 2.75) is 39.0 Å². The molecule has 39 heavy (non-hydrogen) atoms. The van der Waals surface area contributed by atoms with Crippen molar-refractivity contribution in [3.8, 4) is 6.07 Å². The monoisotopic (exact) mass is 554 g/mol. The van der Waals surface area contributed by atoms with Gasteiger partial charge in [0.2, 0.25) is 0 Å². The SMILES string of the molecule is Cc1ccccc1C(=O)NCc1ccc(N2C(=S)N(c3ccc(C#N)c(C(F)(F)F)c3)C(=O)C2(C)C)cc1F. The Bertz CT molecular complexity index is 1550. The molecule has 0 aliphatic carbocycles. The van der Waals surface area contributed by atoms with Gasteiger partial charge in [0.25, 0.3) is 11.8 Å². The van der Waals surface area contributed by atoms with Crippen molar-refractivity contribution in [3.63, 3.8) is 0 Å². The Kier molecular flexibility index (Phi) is 7.19. The largest absolute Gasteiger partial charge is 0.417 e. The molecule has 0 unspecified atom stereocenters. The lowest BCUT2D eigenvalue weighted by atomic mass is 10.0. The van der Waals surface area contributed by atoms with E-state index in [1.807, 2.05) is 0 Å². The van der Waals surface area contributed by atoms with E-state index in [0.29, 0.717) is 11.6 Å². The molecule has 4 rings (SSSR count). The number of nitrogens with zero attached hydrogens (tertiary/aromatic N) is 3. The molecule has 0 spiro atoms. The van der Waals surface area contributed by atoms with Crippen molar-refractivity contribution in [2.24, 2.45) is 0 Å². The summed E-state index contributed by atoms with van der Waals surface area (Å²) in [7, 11) is 0. The van der Waals surface area contributed by atoms with Gasteiger partial charge in [-0.15, -0.1) is 0 Å². The van der Waals surface area contributed by atoms with Crippen LogP contribution in [0.15, 0.2) is 60.7 Å². The smallest absolute Gasteiger partial charge is 0.348 e. The number of aryl methyl sites for hydroxylation is 1. The lowest BCUT2D eigenvalue weighted by molar-refractivity contribution is -0.137. The number of carbonyl (C=O) groups is 2. The zero-order chi connectivity index (χ0) is 28.7. The zero-order valence-corrected chi connectivity index (χ0v) is 21.9. The summed E-state index contributed by atoms with van der Waals surface area (Å²) in [6, 6.07) is 15.5. The topological polar surface area (TPSA) is 76.4 Å². The molecule has 1 aliphatic heterocycles. The van der Waals surface area contributed by atoms with Gasteiger partial charge in [0, 0.05) is 23.4 Å². The number of nitriles is 1. The van der Waals surface area contributed by atoms with Gasteiger partial charge >= 0.3 is 6.18 Å². The van der Waals surface area contributed by atoms with Gasteiger partial charge < -0.3 is 10.2 Å². The van der Waals surface area contributed by atoms with Gasteiger partial charge in [-0.2, -0.15) is 18.4 Å². The first kappa shape index (κ1) is 27.7. The van der Waals surface area contributed by atoms with E-state index in [1.54, 1.807) is 31.2 Å². The predicted molar refractivity (Wildman–Crippen MR) is 142 cm³/mol. The van der Waals surface area contributed by atoms with Gasteiger partial charge in [0.05, 0.1) is 22.9 Å². The van der Waals surface area contributed by atoms with Crippen molar-refractivity contribution in [1.29, 1.82) is 5.26 Å².